The summed E-state index contributed by atoms with van der Waals surface area (Å²) in [5, 5.41) is 3.28. The van der Waals surface area contributed by atoms with Gasteiger partial charge in [0.15, 0.2) is 0 Å². The number of amides is 1. The van der Waals surface area contributed by atoms with E-state index in [1.54, 1.807) is 0 Å². The number of hydrogen-bond acceptors (Lipinski definition) is 3. The quantitative estimate of drug-likeness (QED) is 0.772. The molecule has 4 nitrogen and oxygen atoms in total. The number of rotatable bonds is 3. The Kier molecular flexibility index (Phi) is 4.18. The number of ether oxygens (including phenoxy) is 1. The second kappa shape index (κ2) is 5.64. The molecule has 1 N–H and O–H groups in total. The van der Waals surface area contributed by atoms with E-state index in [2.05, 4.69) is 12.2 Å². The van der Waals surface area contributed by atoms with Gasteiger partial charge in [0.2, 0.25) is 5.91 Å². The second-order valence-corrected chi connectivity index (χ2v) is 4.86. The van der Waals surface area contributed by atoms with Gasteiger partial charge in [0.1, 0.15) is 6.61 Å². The zero-order valence-corrected chi connectivity index (χ0v) is 10.1. The van der Waals surface area contributed by atoms with Crippen LogP contribution >= 0.6 is 0 Å². The van der Waals surface area contributed by atoms with Gasteiger partial charge < -0.3 is 15.0 Å². The third kappa shape index (κ3) is 2.95. The SMILES string of the molecule is C[C@H]1CNCCN1C(=O)COC1CCCC1. The van der Waals surface area contributed by atoms with Crippen molar-refractivity contribution in [3.05, 3.63) is 0 Å². The lowest BCUT2D eigenvalue weighted by Gasteiger charge is -2.34. The standard InChI is InChI=1S/C12H22N2O2/c1-10-8-13-6-7-14(10)12(15)9-16-11-4-2-3-5-11/h10-11,13H,2-9H2,1H3/t10-/m0/s1. The van der Waals surface area contributed by atoms with E-state index in [0.29, 0.717) is 12.1 Å². The van der Waals surface area contributed by atoms with E-state index in [1.165, 1.54) is 12.8 Å². The van der Waals surface area contributed by atoms with Gasteiger partial charge >= 0.3 is 0 Å². The van der Waals surface area contributed by atoms with E-state index in [1.807, 2.05) is 4.90 Å². The zero-order valence-electron chi connectivity index (χ0n) is 10.1. The van der Waals surface area contributed by atoms with Gasteiger partial charge in [0.05, 0.1) is 6.10 Å². The molecule has 0 aromatic rings. The van der Waals surface area contributed by atoms with Gasteiger partial charge in [-0.2, -0.15) is 0 Å². The minimum Gasteiger partial charge on any atom is -0.368 e. The molecule has 4 heteroatoms. The summed E-state index contributed by atoms with van der Waals surface area (Å²) >= 11 is 0. The fraction of sp³-hybridized carbons (Fsp3) is 0.917. The van der Waals surface area contributed by atoms with Crippen molar-refractivity contribution in [2.24, 2.45) is 0 Å². The molecule has 2 aliphatic rings. The second-order valence-electron chi connectivity index (χ2n) is 4.86. The number of piperazine rings is 1. The molecule has 1 amide bonds. The van der Waals surface area contributed by atoms with Crippen LogP contribution < -0.4 is 5.32 Å². The lowest BCUT2D eigenvalue weighted by atomic mass is 10.2. The Morgan fingerprint density at radius 1 is 1.44 bits per heavy atom. The highest BCUT2D eigenvalue weighted by Crippen LogP contribution is 2.20. The van der Waals surface area contributed by atoms with E-state index in [-0.39, 0.29) is 12.5 Å². The maximum absolute atomic E-state index is 11.9. The van der Waals surface area contributed by atoms with Gasteiger partial charge in [-0.15, -0.1) is 0 Å². The summed E-state index contributed by atoms with van der Waals surface area (Å²) < 4.78 is 5.65. The number of nitrogens with one attached hydrogen (secondary N) is 1. The summed E-state index contributed by atoms with van der Waals surface area (Å²) in [5.74, 6) is 0.154. The fourth-order valence-electron chi connectivity index (χ4n) is 2.54. The fourth-order valence-corrected chi connectivity index (χ4v) is 2.54. The van der Waals surface area contributed by atoms with Gasteiger partial charge in [-0.25, -0.2) is 0 Å². The van der Waals surface area contributed by atoms with Crippen LogP contribution in [0.4, 0.5) is 0 Å². The van der Waals surface area contributed by atoms with Crippen LogP contribution in [0.5, 0.6) is 0 Å². The highest BCUT2D eigenvalue weighted by molar-refractivity contribution is 5.77. The molecule has 2 fully saturated rings. The van der Waals surface area contributed by atoms with Crippen molar-refractivity contribution in [2.45, 2.75) is 44.8 Å². The van der Waals surface area contributed by atoms with E-state index >= 15 is 0 Å². The van der Waals surface area contributed by atoms with Gasteiger partial charge in [-0.1, -0.05) is 12.8 Å². The molecule has 1 aliphatic heterocycles. The molecule has 0 unspecified atom stereocenters. The maximum atomic E-state index is 11.9. The molecule has 1 saturated heterocycles. The van der Waals surface area contributed by atoms with Crippen molar-refractivity contribution in [3.8, 4) is 0 Å². The van der Waals surface area contributed by atoms with Crippen molar-refractivity contribution < 1.29 is 9.53 Å². The van der Waals surface area contributed by atoms with Gasteiger partial charge in [0, 0.05) is 25.7 Å². The van der Waals surface area contributed by atoms with E-state index in [4.69, 9.17) is 4.74 Å². The first-order valence-electron chi connectivity index (χ1n) is 6.39. The minimum absolute atomic E-state index is 0.154. The molecule has 0 bridgehead atoms. The smallest absolute Gasteiger partial charge is 0.248 e. The Bertz CT molecular complexity index is 239. The van der Waals surface area contributed by atoms with Crippen LogP contribution in [0.15, 0.2) is 0 Å². The van der Waals surface area contributed by atoms with Crippen LogP contribution in [0, 0.1) is 0 Å². The van der Waals surface area contributed by atoms with Crippen molar-refractivity contribution in [2.75, 3.05) is 26.2 Å². The molecular weight excluding hydrogens is 204 g/mol. The number of carbonyl (C=O) groups excluding carboxylic acids is 1. The van der Waals surface area contributed by atoms with Crippen LogP contribution in [-0.4, -0.2) is 49.2 Å². The molecule has 0 aromatic carbocycles. The van der Waals surface area contributed by atoms with Gasteiger partial charge in [-0.3, -0.25) is 4.79 Å². The Morgan fingerprint density at radius 2 is 2.19 bits per heavy atom. The summed E-state index contributed by atoms with van der Waals surface area (Å²) in [6.07, 6.45) is 5.10. The normalized spacial score (nSPS) is 27.3. The molecule has 92 valence electrons. The number of nitrogens with zero attached hydrogens (tertiary/aromatic N) is 1. The lowest BCUT2D eigenvalue weighted by Crippen LogP contribution is -2.53. The van der Waals surface area contributed by atoms with Crippen LogP contribution in [0.3, 0.4) is 0 Å². The number of hydrogen-bond donors (Lipinski definition) is 1. The maximum Gasteiger partial charge on any atom is 0.248 e. The first-order valence-corrected chi connectivity index (χ1v) is 6.39. The molecule has 1 aliphatic carbocycles. The summed E-state index contributed by atoms with van der Waals surface area (Å²) in [4.78, 5) is 13.9. The third-order valence-corrected chi connectivity index (χ3v) is 3.57. The molecule has 16 heavy (non-hydrogen) atoms. The van der Waals surface area contributed by atoms with Gasteiger partial charge in [-0.05, 0) is 19.8 Å². The predicted octanol–water partition coefficient (Wildman–Crippen LogP) is 0.766. The van der Waals surface area contributed by atoms with Crippen LogP contribution in [-0.2, 0) is 9.53 Å². The molecule has 1 saturated carbocycles. The highest BCUT2D eigenvalue weighted by Gasteiger charge is 2.24. The van der Waals surface area contributed by atoms with Crippen molar-refractivity contribution in [3.63, 3.8) is 0 Å². The van der Waals surface area contributed by atoms with Crippen molar-refractivity contribution in [1.82, 2.24) is 10.2 Å². The monoisotopic (exact) mass is 226 g/mol. The highest BCUT2D eigenvalue weighted by atomic mass is 16.5. The van der Waals surface area contributed by atoms with Crippen LogP contribution in [0.25, 0.3) is 0 Å². The molecular formula is C12H22N2O2. The Morgan fingerprint density at radius 3 is 2.88 bits per heavy atom. The molecule has 1 atom stereocenters. The van der Waals surface area contributed by atoms with E-state index in [0.717, 1.165) is 32.5 Å². The van der Waals surface area contributed by atoms with E-state index < -0.39 is 0 Å². The zero-order chi connectivity index (χ0) is 11.4. The summed E-state index contributed by atoms with van der Waals surface area (Å²) in [7, 11) is 0. The first-order chi connectivity index (χ1) is 7.77. The Balaban J connectivity index is 1.73. The molecule has 0 aromatic heterocycles. The Labute approximate surface area is 97.3 Å². The summed E-state index contributed by atoms with van der Waals surface area (Å²) in [5.41, 5.74) is 0. The van der Waals surface area contributed by atoms with E-state index in [9.17, 15) is 4.79 Å². The lowest BCUT2D eigenvalue weighted by molar-refractivity contribution is -0.140. The molecule has 0 spiro atoms. The number of carbonyl (C=O) groups is 1. The predicted molar refractivity (Wildman–Crippen MR) is 62.3 cm³/mol. The summed E-state index contributed by atoms with van der Waals surface area (Å²) in [6, 6.07) is 0.299. The van der Waals surface area contributed by atoms with Crippen molar-refractivity contribution in [1.29, 1.82) is 0 Å². The largest absolute Gasteiger partial charge is 0.368 e. The van der Waals surface area contributed by atoms with Gasteiger partial charge in [0.25, 0.3) is 0 Å². The molecule has 2 rings (SSSR count). The summed E-state index contributed by atoms with van der Waals surface area (Å²) in [6.45, 7) is 4.97. The minimum atomic E-state index is 0.154. The van der Waals surface area contributed by atoms with Crippen LogP contribution in [0.2, 0.25) is 0 Å². The molecule has 1 heterocycles. The van der Waals surface area contributed by atoms with Crippen molar-refractivity contribution >= 4 is 5.91 Å². The average Bonchev–Trinajstić information content (AvgIpc) is 2.79. The molecule has 0 radical (unpaired) electrons. The average molecular weight is 226 g/mol. The third-order valence-electron chi connectivity index (χ3n) is 3.57. The first kappa shape index (κ1) is 11.9. The Hall–Kier alpha value is -0.610. The van der Waals surface area contributed by atoms with Crippen LogP contribution in [0.1, 0.15) is 32.6 Å². The topological polar surface area (TPSA) is 41.6 Å².